The summed E-state index contributed by atoms with van der Waals surface area (Å²) in [6.07, 6.45) is 0. The van der Waals surface area contributed by atoms with E-state index in [4.69, 9.17) is 14.7 Å². The number of benzene rings is 3. The zero-order valence-electron chi connectivity index (χ0n) is 14.1. The van der Waals surface area contributed by atoms with E-state index in [0.717, 1.165) is 38.2 Å². The number of rotatable bonds is 4. The lowest BCUT2D eigenvalue weighted by Gasteiger charge is -2.13. The van der Waals surface area contributed by atoms with E-state index in [0.29, 0.717) is 5.82 Å². The van der Waals surface area contributed by atoms with E-state index in [1.54, 1.807) is 7.11 Å². The van der Waals surface area contributed by atoms with Gasteiger partial charge in [0.25, 0.3) is 0 Å². The minimum absolute atomic E-state index is 0.679. The highest BCUT2D eigenvalue weighted by Gasteiger charge is 2.12. The second-order valence-corrected chi connectivity index (χ2v) is 6.60. The Kier molecular flexibility index (Phi) is 4.54. The molecule has 0 amide bonds. The zero-order valence-corrected chi connectivity index (χ0v) is 15.7. The first-order valence-electron chi connectivity index (χ1n) is 8.17. The molecule has 0 aliphatic heterocycles. The van der Waals surface area contributed by atoms with Crippen LogP contribution in [0.25, 0.3) is 22.3 Å². The van der Waals surface area contributed by atoms with Gasteiger partial charge in [-0.15, -0.1) is 0 Å². The highest BCUT2D eigenvalue weighted by Crippen LogP contribution is 2.32. The lowest BCUT2D eigenvalue weighted by Crippen LogP contribution is -2.00. The number of nitrogens with zero attached hydrogens (tertiary/aromatic N) is 2. The SMILES string of the molecule is COc1ccc2nc(-c3ccccc3)nc(Nc3ccccc3Br)c2c1. The second-order valence-electron chi connectivity index (χ2n) is 5.75. The Morgan fingerprint density at radius 3 is 2.42 bits per heavy atom. The molecule has 0 aliphatic carbocycles. The second kappa shape index (κ2) is 7.14. The first kappa shape index (κ1) is 16.5. The standard InChI is InChI=1S/C21H16BrN3O/c1-26-15-11-12-18-16(13-15)21(24-19-10-6-5-9-17(19)22)25-20(23-18)14-7-3-2-4-8-14/h2-13H,1H3,(H,23,24,25). The average Bonchev–Trinajstić information content (AvgIpc) is 2.70. The number of hydrogen-bond acceptors (Lipinski definition) is 4. The van der Waals surface area contributed by atoms with Gasteiger partial charge in [0.15, 0.2) is 5.82 Å². The number of fused-ring (bicyclic) bond motifs is 1. The summed E-state index contributed by atoms with van der Waals surface area (Å²) in [6.45, 7) is 0. The van der Waals surface area contributed by atoms with Crippen LogP contribution in [0.2, 0.25) is 0 Å². The molecular weight excluding hydrogens is 390 g/mol. The predicted octanol–water partition coefficient (Wildman–Crippen LogP) is 5.81. The molecule has 128 valence electrons. The summed E-state index contributed by atoms with van der Waals surface area (Å²) in [4.78, 5) is 9.51. The summed E-state index contributed by atoms with van der Waals surface area (Å²) in [5.74, 6) is 2.18. The smallest absolute Gasteiger partial charge is 0.162 e. The van der Waals surface area contributed by atoms with Crippen molar-refractivity contribution in [2.75, 3.05) is 12.4 Å². The van der Waals surface area contributed by atoms with Gasteiger partial charge in [0.1, 0.15) is 11.6 Å². The third-order valence-electron chi connectivity index (χ3n) is 4.06. The molecule has 1 aromatic heterocycles. The number of ether oxygens (including phenoxy) is 1. The Labute approximate surface area is 160 Å². The molecule has 4 nitrogen and oxygen atoms in total. The van der Waals surface area contributed by atoms with Crippen LogP contribution in [0.3, 0.4) is 0 Å². The summed E-state index contributed by atoms with van der Waals surface area (Å²) < 4.78 is 6.34. The number of nitrogens with one attached hydrogen (secondary N) is 1. The molecule has 0 bridgehead atoms. The molecule has 0 unspecified atom stereocenters. The average molecular weight is 406 g/mol. The zero-order chi connectivity index (χ0) is 17.9. The molecule has 0 saturated carbocycles. The Balaban J connectivity index is 1.91. The van der Waals surface area contributed by atoms with Crippen molar-refractivity contribution in [1.29, 1.82) is 0 Å². The van der Waals surface area contributed by atoms with Gasteiger partial charge in [0.05, 0.1) is 18.3 Å². The summed E-state index contributed by atoms with van der Waals surface area (Å²) in [5.41, 5.74) is 2.77. The highest BCUT2D eigenvalue weighted by molar-refractivity contribution is 9.10. The van der Waals surface area contributed by atoms with Crippen molar-refractivity contribution in [3.05, 3.63) is 77.3 Å². The Hall–Kier alpha value is -2.92. The van der Waals surface area contributed by atoms with E-state index in [9.17, 15) is 0 Å². The van der Waals surface area contributed by atoms with Gasteiger partial charge in [-0.2, -0.15) is 0 Å². The highest BCUT2D eigenvalue weighted by atomic mass is 79.9. The maximum absolute atomic E-state index is 5.37. The number of methoxy groups -OCH3 is 1. The Bertz CT molecular complexity index is 1070. The first-order valence-corrected chi connectivity index (χ1v) is 8.96. The molecule has 1 N–H and O–H groups in total. The number of aromatic nitrogens is 2. The van der Waals surface area contributed by atoms with Gasteiger partial charge in [0, 0.05) is 15.4 Å². The molecular formula is C21H16BrN3O. The summed E-state index contributed by atoms with van der Waals surface area (Å²) >= 11 is 3.58. The molecule has 0 fully saturated rings. The summed E-state index contributed by atoms with van der Waals surface area (Å²) in [5, 5.41) is 4.33. The fraction of sp³-hybridized carbons (Fsp3) is 0.0476. The van der Waals surface area contributed by atoms with Gasteiger partial charge in [-0.05, 0) is 46.3 Å². The molecule has 0 radical (unpaired) electrons. The number of hydrogen-bond donors (Lipinski definition) is 1. The number of anilines is 2. The van der Waals surface area contributed by atoms with Crippen LogP contribution in [0.1, 0.15) is 0 Å². The molecule has 1 heterocycles. The van der Waals surface area contributed by atoms with E-state index < -0.39 is 0 Å². The lowest BCUT2D eigenvalue weighted by atomic mass is 10.1. The number of halogens is 1. The fourth-order valence-corrected chi connectivity index (χ4v) is 3.12. The van der Waals surface area contributed by atoms with E-state index >= 15 is 0 Å². The van der Waals surface area contributed by atoms with Crippen LogP contribution >= 0.6 is 15.9 Å². The van der Waals surface area contributed by atoms with Crippen LogP contribution in [-0.4, -0.2) is 17.1 Å². The largest absolute Gasteiger partial charge is 0.497 e. The minimum atomic E-state index is 0.679. The van der Waals surface area contributed by atoms with Gasteiger partial charge in [0.2, 0.25) is 0 Å². The van der Waals surface area contributed by atoms with Crippen molar-refractivity contribution in [2.45, 2.75) is 0 Å². The van der Waals surface area contributed by atoms with E-state index in [1.807, 2.05) is 72.8 Å². The van der Waals surface area contributed by atoms with Crippen LogP contribution in [0.4, 0.5) is 11.5 Å². The minimum Gasteiger partial charge on any atom is -0.497 e. The van der Waals surface area contributed by atoms with Crippen molar-refractivity contribution in [1.82, 2.24) is 9.97 Å². The monoisotopic (exact) mass is 405 g/mol. The predicted molar refractivity (Wildman–Crippen MR) is 109 cm³/mol. The van der Waals surface area contributed by atoms with Crippen LogP contribution in [-0.2, 0) is 0 Å². The molecule has 26 heavy (non-hydrogen) atoms. The van der Waals surface area contributed by atoms with Gasteiger partial charge in [-0.3, -0.25) is 0 Å². The quantitative estimate of drug-likeness (QED) is 0.465. The molecule has 5 heteroatoms. The van der Waals surface area contributed by atoms with E-state index in [1.165, 1.54) is 0 Å². The third-order valence-corrected chi connectivity index (χ3v) is 4.75. The van der Waals surface area contributed by atoms with Crippen LogP contribution in [0, 0.1) is 0 Å². The maximum Gasteiger partial charge on any atom is 0.162 e. The summed E-state index contributed by atoms with van der Waals surface area (Å²) in [7, 11) is 1.65. The van der Waals surface area contributed by atoms with Crippen molar-refractivity contribution in [2.24, 2.45) is 0 Å². The molecule has 0 spiro atoms. The first-order chi connectivity index (χ1) is 12.7. The van der Waals surface area contributed by atoms with Gasteiger partial charge < -0.3 is 10.1 Å². The van der Waals surface area contributed by atoms with Gasteiger partial charge >= 0.3 is 0 Å². The molecule has 0 atom stereocenters. The van der Waals surface area contributed by atoms with Crippen LogP contribution in [0.5, 0.6) is 5.75 Å². The third kappa shape index (κ3) is 3.26. The fourth-order valence-electron chi connectivity index (χ4n) is 2.74. The van der Waals surface area contributed by atoms with Crippen LogP contribution in [0.15, 0.2) is 77.3 Å². The maximum atomic E-state index is 5.37. The molecule has 0 aliphatic rings. The van der Waals surface area contributed by atoms with E-state index in [2.05, 4.69) is 21.2 Å². The van der Waals surface area contributed by atoms with Crippen LogP contribution < -0.4 is 10.1 Å². The van der Waals surface area contributed by atoms with Crippen molar-refractivity contribution in [3.8, 4) is 17.1 Å². The molecule has 4 aromatic rings. The van der Waals surface area contributed by atoms with Crippen molar-refractivity contribution >= 4 is 38.3 Å². The molecule has 0 saturated heterocycles. The molecule has 4 rings (SSSR count). The summed E-state index contributed by atoms with van der Waals surface area (Å²) in [6, 6.07) is 23.7. The molecule has 3 aromatic carbocycles. The van der Waals surface area contributed by atoms with E-state index in [-0.39, 0.29) is 0 Å². The van der Waals surface area contributed by atoms with Crippen molar-refractivity contribution < 1.29 is 4.74 Å². The van der Waals surface area contributed by atoms with Gasteiger partial charge in [-0.1, -0.05) is 42.5 Å². The van der Waals surface area contributed by atoms with Crippen molar-refractivity contribution in [3.63, 3.8) is 0 Å². The normalized spacial score (nSPS) is 10.7. The number of para-hydroxylation sites is 1. The lowest BCUT2D eigenvalue weighted by molar-refractivity contribution is 0.415. The topological polar surface area (TPSA) is 47.0 Å². The Morgan fingerprint density at radius 1 is 0.885 bits per heavy atom. The van der Waals surface area contributed by atoms with Gasteiger partial charge in [-0.25, -0.2) is 9.97 Å². The Morgan fingerprint density at radius 2 is 1.65 bits per heavy atom.